The highest BCUT2D eigenvalue weighted by Gasteiger charge is 2.38. The van der Waals surface area contributed by atoms with Crippen molar-refractivity contribution in [3.63, 3.8) is 0 Å². The Morgan fingerprint density at radius 3 is 2.30 bits per heavy atom. The predicted octanol–water partition coefficient (Wildman–Crippen LogP) is 6.50. The quantitative estimate of drug-likeness (QED) is 0.221. The molecule has 0 aliphatic carbocycles. The third kappa shape index (κ3) is 6.66. The Morgan fingerprint density at radius 1 is 0.950 bits per heavy atom. The lowest BCUT2D eigenvalue weighted by Crippen LogP contribution is -2.39. The van der Waals surface area contributed by atoms with Gasteiger partial charge in [0, 0.05) is 23.7 Å². The van der Waals surface area contributed by atoms with Gasteiger partial charge in [-0.1, -0.05) is 96.9 Å². The van der Waals surface area contributed by atoms with Crippen LogP contribution in [0.2, 0.25) is 10.3 Å². The Hall–Kier alpha value is -3.40. The number of aliphatic hydroxyl groups is 1. The van der Waals surface area contributed by atoms with Gasteiger partial charge in [0.05, 0.1) is 31.7 Å². The van der Waals surface area contributed by atoms with Crippen LogP contribution in [0.1, 0.15) is 41.6 Å². The number of aromatic nitrogens is 2. The minimum atomic E-state index is -0.664. The molecule has 1 aliphatic rings. The molecule has 5 rings (SSSR count). The van der Waals surface area contributed by atoms with E-state index in [9.17, 15) is 9.90 Å². The first kappa shape index (κ1) is 28.1. The van der Waals surface area contributed by atoms with Crippen LogP contribution in [0.5, 0.6) is 0 Å². The highest BCUT2D eigenvalue weighted by atomic mass is 35.5. The van der Waals surface area contributed by atoms with Gasteiger partial charge in [0.15, 0.2) is 11.4 Å². The van der Waals surface area contributed by atoms with E-state index in [0.29, 0.717) is 23.9 Å². The van der Waals surface area contributed by atoms with Gasteiger partial charge in [-0.25, -0.2) is 9.78 Å². The number of imidazole rings is 1. The number of benzene rings is 3. The number of halogens is 2. The Kier molecular flexibility index (Phi) is 9.04. The minimum Gasteiger partial charge on any atom is -0.392 e. The number of anilines is 1. The van der Waals surface area contributed by atoms with Crippen LogP contribution in [0.15, 0.2) is 85.2 Å². The standard InChI is InChI=1S/C30H30Cl2N4O4/c1-19-25(16-36-18-34-27(31)28(36)32)39-29(40-26(19)22-9-7-21(17-37)8-10-22)23-11-13-24(14-12-23)35-30(38)33-15-20-5-3-2-4-6-20/h2-14,18-19,25-26,29,37H,15-17H2,1H3,(H2,33,35,38)/t19-,25+,26+,29+/m0/s1. The van der Waals surface area contributed by atoms with Gasteiger partial charge in [-0.05, 0) is 28.8 Å². The van der Waals surface area contributed by atoms with Crippen molar-refractivity contribution >= 4 is 34.9 Å². The third-order valence-corrected chi connectivity index (χ3v) is 7.74. The molecule has 0 bridgehead atoms. The molecule has 8 nitrogen and oxygen atoms in total. The number of hydrogen-bond acceptors (Lipinski definition) is 5. The number of urea groups is 1. The van der Waals surface area contributed by atoms with E-state index in [4.69, 9.17) is 32.7 Å². The maximum atomic E-state index is 12.4. The number of nitrogens with zero attached hydrogens (tertiary/aromatic N) is 2. The van der Waals surface area contributed by atoms with E-state index in [1.54, 1.807) is 10.9 Å². The maximum absolute atomic E-state index is 12.4. The normalized spacial score (nSPS) is 20.7. The van der Waals surface area contributed by atoms with Crippen LogP contribution in [-0.2, 0) is 29.2 Å². The van der Waals surface area contributed by atoms with E-state index < -0.39 is 6.29 Å². The zero-order chi connectivity index (χ0) is 28.1. The largest absolute Gasteiger partial charge is 0.392 e. The molecule has 0 radical (unpaired) electrons. The molecular formula is C30H30Cl2N4O4. The molecule has 40 heavy (non-hydrogen) atoms. The average molecular weight is 582 g/mol. The van der Waals surface area contributed by atoms with Gasteiger partial charge in [0.2, 0.25) is 0 Å². The number of nitrogens with one attached hydrogen (secondary N) is 2. The second kappa shape index (κ2) is 12.8. The lowest BCUT2D eigenvalue weighted by molar-refractivity contribution is -0.276. The van der Waals surface area contributed by atoms with E-state index in [2.05, 4.69) is 22.5 Å². The zero-order valence-electron chi connectivity index (χ0n) is 21.8. The number of carbonyl (C=O) groups excluding carboxylic acids is 1. The van der Waals surface area contributed by atoms with Gasteiger partial charge >= 0.3 is 6.03 Å². The summed E-state index contributed by atoms with van der Waals surface area (Å²) in [4.78, 5) is 16.5. The molecule has 0 unspecified atom stereocenters. The Morgan fingerprint density at radius 2 is 1.65 bits per heavy atom. The first-order chi connectivity index (χ1) is 19.4. The van der Waals surface area contributed by atoms with Gasteiger partial charge in [0.1, 0.15) is 5.15 Å². The van der Waals surface area contributed by atoms with Gasteiger partial charge in [-0.2, -0.15) is 0 Å². The van der Waals surface area contributed by atoms with Crippen LogP contribution in [-0.4, -0.2) is 26.8 Å². The summed E-state index contributed by atoms with van der Waals surface area (Å²) in [5.41, 5.74) is 4.27. The summed E-state index contributed by atoms with van der Waals surface area (Å²) < 4.78 is 14.7. The molecular weight excluding hydrogens is 551 g/mol. The summed E-state index contributed by atoms with van der Waals surface area (Å²) >= 11 is 12.4. The first-order valence-corrected chi connectivity index (χ1v) is 13.7. The Bertz CT molecular complexity index is 1410. The number of hydrogen-bond donors (Lipinski definition) is 3. The van der Waals surface area contributed by atoms with Crippen molar-refractivity contribution in [2.24, 2.45) is 5.92 Å². The van der Waals surface area contributed by atoms with Crippen molar-refractivity contribution < 1.29 is 19.4 Å². The van der Waals surface area contributed by atoms with Gasteiger partial charge < -0.3 is 29.8 Å². The van der Waals surface area contributed by atoms with Crippen molar-refractivity contribution in [3.8, 4) is 0 Å². The van der Waals surface area contributed by atoms with E-state index in [-0.39, 0.29) is 35.9 Å². The second-order valence-corrected chi connectivity index (χ2v) is 10.4. The molecule has 3 aromatic carbocycles. The smallest absolute Gasteiger partial charge is 0.319 e. The number of rotatable bonds is 8. The SMILES string of the molecule is C[C@H]1[C@@H](Cn2cnc(Cl)c2Cl)O[C@@H](c2ccc(NC(=O)NCc3ccccc3)cc2)O[C@H]1c1ccc(CO)cc1. The fourth-order valence-electron chi connectivity index (χ4n) is 4.67. The van der Waals surface area contributed by atoms with Crippen LogP contribution >= 0.6 is 23.2 Å². The van der Waals surface area contributed by atoms with Crippen LogP contribution in [0.4, 0.5) is 10.5 Å². The second-order valence-electron chi connectivity index (χ2n) is 9.72. The Balaban J connectivity index is 1.31. The Labute approximate surface area is 242 Å². The predicted molar refractivity (Wildman–Crippen MR) is 154 cm³/mol. The van der Waals surface area contributed by atoms with Crippen LogP contribution < -0.4 is 10.6 Å². The fourth-order valence-corrected chi connectivity index (χ4v) is 4.98. The molecule has 0 spiro atoms. The molecule has 2 heterocycles. The molecule has 4 atom stereocenters. The topological polar surface area (TPSA) is 97.6 Å². The summed E-state index contributed by atoms with van der Waals surface area (Å²) in [5, 5.41) is 15.8. The summed E-state index contributed by atoms with van der Waals surface area (Å²) in [5.74, 6) is -0.0391. The highest BCUT2D eigenvalue weighted by Crippen LogP contribution is 2.42. The van der Waals surface area contributed by atoms with Crippen LogP contribution in [0.3, 0.4) is 0 Å². The van der Waals surface area contributed by atoms with Crippen molar-refractivity contribution in [1.82, 2.24) is 14.9 Å². The third-order valence-electron chi connectivity index (χ3n) is 6.97. The molecule has 1 aromatic heterocycles. The molecule has 1 fully saturated rings. The van der Waals surface area contributed by atoms with E-state index >= 15 is 0 Å². The van der Waals surface area contributed by atoms with Gasteiger partial charge in [-0.15, -0.1) is 0 Å². The monoisotopic (exact) mass is 580 g/mol. The van der Waals surface area contributed by atoms with E-state index in [1.807, 2.05) is 78.9 Å². The zero-order valence-corrected chi connectivity index (χ0v) is 23.3. The molecule has 2 amide bonds. The van der Waals surface area contributed by atoms with Crippen LogP contribution in [0.25, 0.3) is 0 Å². The van der Waals surface area contributed by atoms with Crippen molar-refractivity contribution in [3.05, 3.63) is 118 Å². The molecule has 0 saturated carbocycles. The van der Waals surface area contributed by atoms with Crippen molar-refractivity contribution in [2.45, 2.75) is 45.1 Å². The summed E-state index contributed by atoms with van der Waals surface area (Å²) in [6.45, 7) is 2.91. The minimum absolute atomic E-state index is 0.0275. The average Bonchev–Trinajstić information content (AvgIpc) is 3.30. The molecule has 1 aliphatic heterocycles. The lowest BCUT2D eigenvalue weighted by atomic mass is 9.90. The number of ether oxygens (including phenoxy) is 2. The number of carbonyl (C=O) groups is 1. The molecule has 10 heteroatoms. The maximum Gasteiger partial charge on any atom is 0.319 e. The number of aliphatic hydroxyl groups excluding tert-OH is 1. The van der Waals surface area contributed by atoms with Crippen molar-refractivity contribution in [2.75, 3.05) is 5.32 Å². The number of amides is 2. The van der Waals surface area contributed by atoms with E-state index in [1.165, 1.54) is 0 Å². The summed E-state index contributed by atoms with van der Waals surface area (Å²) in [6, 6.07) is 24.5. The van der Waals surface area contributed by atoms with Crippen LogP contribution in [0, 0.1) is 5.92 Å². The van der Waals surface area contributed by atoms with Crippen molar-refractivity contribution in [1.29, 1.82) is 0 Å². The summed E-state index contributed by atoms with van der Waals surface area (Å²) in [7, 11) is 0. The first-order valence-electron chi connectivity index (χ1n) is 13.0. The fraction of sp³-hybridized carbons (Fsp3) is 0.267. The molecule has 4 aromatic rings. The van der Waals surface area contributed by atoms with Gasteiger partial charge in [0.25, 0.3) is 0 Å². The molecule has 3 N–H and O–H groups in total. The lowest BCUT2D eigenvalue weighted by Gasteiger charge is -2.41. The summed E-state index contributed by atoms with van der Waals surface area (Å²) in [6.07, 6.45) is 0.378. The molecule has 1 saturated heterocycles. The highest BCUT2D eigenvalue weighted by molar-refractivity contribution is 6.40. The molecule has 208 valence electrons. The van der Waals surface area contributed by atoms with E-state index in [0.717, 1.165) is 22.3 Å². The van der Waals surface area contributed by atoms with Gasteiger partial charge in [-0.3, -0.25) is 0 Å².